The third-order valence-electron chi connectivity index (χ3n) is 2.12. The highest BCUT2D eigenvalue weighted by atomic mass is 16.5. The van der Waals surface area contributed by atoms with Gasteiger partial charge in [0.25, 0.3) is 0 Å². The third kappa shape index (κ3) is 9.30. The van der Waals surface area contributed by atoms with E-state index in [0.717, 1.165) is 12.8 Å². The smallest absolute Gasteiger partial charge is 0.305 e. The van der Waals surface area contributed by atoms with E-state index in [1.54, 1.807) is 0 Å². The van der Waals surface area contributed by atoms with Gasteiger partial charge in [-0.15, -0.1) is 0 Å². The summed E-state index contributed by atoms with van der Waals surface area (Å²) in [5.74, 6) is -0.107. The average molecular weight is 198 g/mol. The standard InChI is InChI=1S/C12H22O2/c1-3-4-5-6-7-8-9-10-11-12(13)14-2/h7-8H,3-6,9-11H2,1-2H3. The molecule has 0 amide bonds. The van der Waals surface area contributed by atoms with Gasteiger partial charge in [0.05, 0.1) is 7.11 Å². The molecule has 0 unspecified atom stereocenters. The lowest BCUT2D eigenvalue weighted by Gasteiger charge is -1.96. The van der Waals surface area contributed by atoms with Crippen molar-refractivity contribution < 1.29 is 9.53 Å². The second-order valence-corrected chi connectivity index (χ2v) is 3.44. The molecular formula is C12H22O2. The fourth-order valence-electron chi connectivity index (χ4n) is 1.21. The summed E-state index contributed by atoms with van der Waals surface area (Å²) in [4.78, 5) is 10.7. The largest absolute Gasteiger partial charge is 0.469 e. The van der Waals surface area contributed by atoms with Gasteiger partial charge < -0.3 is 4.74 Å². The number of carbonyl (C=O) groups is 1. The van der Waals surface area contributed by atoms with Gasteiger partial charge in [-0.3, -0.25) is 4.79 Å². The van der Waals surface area contributed by atoms with Gasteiger partial charge >= 0.3 is 5.97 Å². The predicted molar refractivity (Wildman–Crippen MR) is 59.1 cm³/mol. The Balaban J connectivity index is 3.14. The molecule has 82 valence electrons. The van der Waals surface area contributed by atoms with Crippen LogP contribution in [-0.4, -0.2) is 13.1 Å². The van der Waals surface area contributed by atoms with Crippen LogP contribution < -0.4 is 0 Å². The highest BCUT2D eigenvalue weighted by Crippen LogP contribution is 2.02. The van der Waals surface area contributed by atoms with E-state index in [4.69, 9.17) is 0 Å². The van der Waals surface area contributed by atoms with Crippen molar-refractivity contribution >= 4 is 5.97 Å². The first kappa shape index (κ1) is 13.2. The fourth-order valence-corrected chi connectivity index (χ4v) is 1.21. The van der Waals surface area contributed by atoms with E-state index >= 15 is 0 Å². The van der Waals surface area contributed by atoms with Crippen molar-refractivity contribution in [2.75, 3.05) is 7.11 Å². The molecule has 0 heterocycles. The molecule has 0 saturated heterocycles. The molecule has 0 aromatic rings. The second-order valence-electron chi connectivity index (χ2n) is 3.44. The number of esters is 1. The molecule has 2 heteroatoms. The van der Waals surface area contributed by atoms with Crippen LogP contribution in [-0.2, 0) is 9.53 Å². The first-order chi connectivity index (χ1) is 6.81. The molecule has 14 heavy (non-hydrogen) atoms. The van der Waals surface area contributed by atoms with E-state index in [9.17, 15) is 4.79 Å². The van der Waals surface area contributed by atoms with E-state index in [0.29, 0.717) is 6.42 Å². The van der Waals surface area contributed by atoms with E-state index in [1.807, 2.05) is 0 Å². The van der Waals surface area contributed by atoms with E-state index in [1.165, 1.54) is 32.8 Å². The van der Waals surface area contributed by atoms with Crippen LogP contribution >= 0.6 is 0 Å². The number of unbranched alkanes of at least 4 members (excludes halogenated alkanes) is 4. The molecule has 0 rings (SSSR count). The Kier molecular flexibility index (Phi) is 9.71. The molecule has 0 aliphatic rings. The molecular weight excluding hydrogens is 176 g/mol. The van der Waals surface area contributed by atoms with Crippen molar-refractivity contribution in [2.45, 2.75) is 51.9 Å². The molecule has 0 aromatic carbocycles. The third-order valence-corrected chi connectivity index (χ3v) is 2.12. The van der Waals surface area contributed by atoms with Crippen LogP contribution in [0.25, 0.3) is 0 Å². The average Bonchev–Trinajstić information content (AvgIpc) is 2.21. The van der Waals surface area contributed by atoms with Crippen molar-refractivity contribution in [3.05, 3.63) is 12.2 Å². The minimum atomic E-state index is -0.107. The number of rotatable bonds is 8. The van der Waals surface area contributed by atoms with Crippen LogP contribution in [0, 0.1) is 0 Å². The lowest BCUT2D eigenvalue weighted by Crippen LogP contribution is -1.98. The van der Waals surface area contributed by atoms with Crippen LogP contribution in [0.2, 0.25) is 0 Å². The van der Waals surface area contributed by atoms with Gasteiger partial charge in [-0.25, -0.2) is 0 Å². The summed E-state index contributed by atoms with van der Waals surface area (Å²) in [5, 5.41) is 0. The predicted octanol–water partition coefficient (Wildman–Crippen LogP) is 3.47. The molecule has 0 spiro atoms. The van der Waals surface area contributed by atoms with Crippen LogP contribution in [0.3, 0.4) is 0 Å². The molecule has 0 aliphatic carbocycles. The number of allylic oxidation sites excluding steroid dienone is 2. The van der Waals surface area contributed by atoms with Crippen LogP contribution in [0.4, 0.5) is 0 Å². The van der Waals surface area contributed by atoms with Crippen molar-refractivity contribution in [1.82, 2.24) is 0 Å². The van der Waals surface area contributed by atoms with Crippen molar-refractivity contribution in [1.29, 1.82) is 0 Å². The summed E-state index contributed by atoms with van der Waals surface area (Å²) in [5.41, 5.74) is 0. The number of methoxy groups -OCH3 is 1. The minimum Gasteiger partial charge on any atom is -0.469 e. The number of carbonyl (C=O) groups excluding carboxylic acids is 1. The van der Waals surface area contributed by atoms with Gasteiger partial charge in [0.15, 0.2) is 0 Å². The summed E-state index contributed by atoms with van der Waals surface area (Å²) >= 11 is 0. The lowest BCUT2D eigenvalue weighted by molar-refractivity contribution is -0.140. The summed E-state index contributed by atoms with van der Waals surface area (Å²) < 4.78 is 4.55. The van der Waals surface area contributed by atoms with Gasteiger partial charge in [0.2, 0.25) is 0 Å². The topological polar surface area (TPSA) is 26.3 Å². The zero-order valence-corrected chi connectivity index (χ0v) is 9.42. The van der Waals surface area contributed by atoms with E-state index in [2.05, 4.69) is 23.8 Å². The summed E-state index contributed by atoms with van der Waals surface area (Å²) in [6.45, 7) is 2.21. The van der Waals surface area contributed by atoms with Gasteiger partial charge in [0, 0.05) is 6.42 Å². The van der Waals surface area contributed by atoms with Crippen molar-refractivity contribution in [2.24, 2.45) is 0 Å². The van der Waals surface area contributed by atoms with Crippen molar-refractivity contribution in [3.8, 4) is 0 Å². The maximum atomic E-state index is 10.7. The Hall–Kier alpha value is -0.790. The molecule has 0 atom stereocenters. The molecule has 0 saturated carbocycles. The molecule has 0 radical (unpaired) electrons. The first-order valence-electron chi connectivity index (χ1n) is 5.53. The van der Waals surface area contributed by atoms with Crippen molar-refractivity contribution in [3.63, 3.8) is 0 Å². The van der Waals surface area contributed by atoms with Gasteiger partial charge in [0.1, 0.15) is 0 Å². The fraction of sp³-hybridized carbons (Fsp3) is 0.750. The van der Waals surface area contributed by atoms with E-state index < -0.39 is 0 Å². The van der Waals surface area contributed by atoms with Crippen LogP contribution in [0.1, 0.15) is 51.9 Å². The molecule has 0 fully saturated rings. The molecule has 0 aliphatic heterocycles. The normalized spacial score (nSPS) is 10.7. The lowest BCUT2D eigenvalue weighted by atomic mass is 10.1. The monoisotopic (exact) mass is 198 g/mol. The summed E-state index contributed by atoms with van der Waals surface area (Å²) in [7, 11) is 1.43. The highest BCUT2D eigenvalue weighted by Gasteiger charge is 1.96. The molecule has 2 nitrogen and oxygen atoms in total. The van der Waals surface area contributed by atoms with Gasteiger partial charge in [-0.2, -0.15) is 0 Å². The van der Waals surface area contributed by atoms with Crippen LogP contribution in [0.15, 0.2) is 12.2 Å². The summed E-state index contributed by atoms with van der Waals surface area (Å²) in [6, 6.07) is 0. The maximum Gasteiger partial charge on any atom is 0.305 e. The van der Waals surface area contributed by atoms with Gasteiger partial charge in [-0.1, -0.05) is 31.9 Å². The first-order valence-corrected chi connectivity index (χ1v) is 5.53. The highest BCUT2D eigenvalue weighted by molar-refractivity contribution is 5.68. The van der Waals surface area contributed by atoms with E-state index in [-0.39, 0.29) is 5.97 Å². The Bertz CT molecular complexity index is 162. The zero-order chi connectivity index (χ0) is 10.6. The Morgan fingerprint density at radius 1 is 1.14 bits per heavy atom. The Morgan fingerprint density at radius 3 is 2.36 bits per heavy atom. The number of ether oxygens (including phenoxy) is 1. The molecule has 0 aromatic heterocycles. The SMILES string of the molecule is CCCCCC=CCCCC(=O)OC. The molecule has 0 bridgehead atoms. The zero-order valence-electron chi connectivity index (χ0n) is 9.42. The number of hydrogen-bond donors (Lipinski definition) is 0. The molecule has 0 N–H and O–H groups in total. The quantitative estimate of drug-likeness (QED) is 0.339. The van der Waals surface area contributed by atoms with Crippen LogP contribution in [0.5, 0.6) is 0 Å². The number of hydrogen-bond acceptors (Lipinski definition) is 2. The maximum absolute atomic E-state index is 10.7. The van der Waals surface area contributed by atoms with Gasteiger partial charge in [-0.05, 0) is 25.7 Å². The Morgan fingerprint density at radius 2 is 1.79 bits per heavy atom. The second kappa shape index (κ2) is 10.3. The Labute approximate surface area is 87.3 Å². The summed E-state index contributed by atoms with van der Waals surface area (Å²) in [6.07, 6.45) is 11.8. The minimum absolute atomic E-state index is 0.107.